The van der Waals surface area contributed by atoms with Crippen LogP contribution in [0.4, 0.5) is 38.0 Å². The third-order valence-electron chi connectivity index (χ3n) is 4.31. The fourth-order valence-electron chi connectivity index (χ4n) is 2.90. The minimum atomic E-state index is -4.85. The van der Waals surface area contributed by atoms with E-state index in [4.69, 9.17) is 0 Å². The molecule has 3 aromatic heterocycles. The summed E-state index contributed by atoms with van der Waals surface area (Å²) in [5, 5.41) is 9.02. The van der Waals surface area contributed by atoms with Crippen molar-refractivity contribution in [3.05, 3.63) is 71.2 Å². The Balaban J connectivity index is 1.96. The third-order valence-corrected chi connectivity index (χ3v) is 4.31. The van der Waals surface area contributed by atoms with Gasteiger partial charge < -0.3 is 5.32 Å². The lowest BCUT2D eigenvalue weighted by Crippen LogP contribution is -2.22. The molecule has 0 atom stereocenters. The molecule has 0 saturated carbocycles. The number of halogens is 6. The number of fused-ring (bicyclic) bond motifs is 1. The average Bonchev–Trinajstić information content (AvgIpc) is 3.11. The van der Waals surface area contributed by atoms with Crippen molar-refractivity contribution in [3.63, 3.8) is 0 Å². The van der Waals surface area contributed by atoms with Gasteiger partial charge in [-0.1, -0.05) is 6.07 Å². The number of anilines is 2. The molecule has 0 bridgehead atoms. The molecule has 0 fully saturated rings. The lowest BCUT2D eigenvalue weighted by molar-refractivity contribution is -0.136. The average molecular weight is 438 g/mol. The largest absolute Gasteiger partial charge is 0.418 e. The Morgan fingerprint density at radius 3 is 2.39 bits per heavy atom. The van der Waals surface area contributed by atoms with Crippen LogP contribution in [0, 0.1) is 12.7 Å². The summed E-state index contributed by atoms with van der Waals surface area (Å²) in [7, 11) is 0. The summed E-state index contributed by atoms with van der Waals surface area (Å²) >= 11 is 0. The van der Waals surface area contributed by atoms with Crippen LogP contribution in [0.25, 0.3) is 10.9 Å². The van der Waals surface area contributed by atoms with Crippen LogP contribution < -0.4 is 5.32 Å². The van der Waals surface area contributed by atoms with E-state index in [1.807, 2.05) is 0 Å². The van der Waals surface area contributed by atoms with E-state index in [1.165, 1.54) is 12.1 Å². The highest BCUT2D eigenvalue weighted by molar-refractivity contribution is 5.93. The molecular formula is C19H12F6N6. The molecule has 6 nitrogen and oxygen atoms in total. The van der Waals surface area contributed by atoms with E-state index in [2.05, 4.69) is 30.5 Å². The van der Waals surface area contributed by atoms with Gasteiger partial charge in [-0.05, 0) is 31.2 Å². The number of rotatable bonds is 4. The van der Waals surface area contributed by atoms with Crippen molar-refractivity contribution in [3.8, 4) is 0 Å². The van der Waals surface area contributed by atoms with Crippen LogP contribution in [-0.2, 0) is 12.1 Å². The van der Waals surface area contributed by atoms with Gasteiger partial charge in [-0.2, -0.15) is 27.1 Å². The maximum atomic E-state index is 15.1. The van der Waals surface area contributed by atoms with Crippen molar-refractivity contribution < 1.29 is 26.3 Å². The number of para-hydroxylation sites is 1. The highest BCUT2D eigenvalue weighted by Gasteiger charge is 2.41. The highest BCUT2D eigenvalue weighted by atomic mass is 19.4. The van der Waals surface area contributed by atoms with Crippen LogP contribution in [0.2, 0.25) is 0 Å². The monoisotopic (exact) mass is 438 g/mol. The van der Waals surface area contributed by atoms with Gasteiger partial charge in [-0.25, -0.2) is 14.4 Å². The first kappa shape index (κ1) is 20.6. The quantitative estimate of drug-likeness (QED) is 0.434. The second-order valence-corrected chi connectivity index (χ2v) is 6.59. The van der Waals surface area contributed by atoms with Crippen molar-refractivity contribution in [1.29, 1.82) is 0 Å². The lowest BCUT2D eigenvalue weighted by Gasteiger charge is -2.18. The Hall–Kier alpha value is -3.70. The molecule has 2 N–H and O–H groups in total. The lowest BCUT2D eigenvalue weighted by atomic mass is 10.1. The van der Waals surface area contributed by atoms with Gasteiger partial charge in [-0.3, -0.25) is 10.1 Å². The smallest absolute Gasteiger partial charge is 0.323 e. The third kappa shape index (κ3) is 3.88. The fraction of sp³-hybridized carbons (Fsp3) is 0.158. The Morgan fingerprint density at radius 1 is 1.00 bits per heavy atom. The molecule has 4 aromatic rings. The number of nitrogens with zero attached hydrogens (tertiary/aromatic N) is 4. The number of benzene rings is 1. The molecule has 4 rings (SSSR count). The van der Waals surface area contributed by atoms with Gasteiger partial charge in [0.25, 0.3) is 0 Å². The van der Waals surface area contributed by atoms with E-state index in [9.17, 15) is 17.6 Å². The predicted octanol–water partition coefficient (Wildman–Crippen LogP) is 5.10. The molecular weight excluding hydrogens is 426 g/mol. The second kappa shape index (κ2) is 7.22. The summed E-state index contributed by atoms with van der Waals surface area (Å²) in [4.78, 5) is 10.6. The number of aromatic nitrogens is 5. The number of hydrogen-bond donors (Lipinski definition) is 2. The number of pyridine rings is 1. The van der Waals surface area contributed by atoms with Gasteiger partial charge in [0.05, 0.1) is 17.3 Å². The Kier molecular flexibility index (Phi) is 4.79. The van der Waals surface area contributed by atoms with E-state index in [1.54, 1.807) is 6.92 Å². The molecule has 0 spiro atoms. The van der Waals surface area contributed by atoms with Crippen LogP contribution in [0.3, 0.4) is 0 Å². The van der Waals surface area contributed by atoms with Crippen molar-refractivity contribution in [1.82, 2.24) is 25.1 Å². The van der Waals surface area contributed by atoms with Crippen molar-refractivity contribution in [2.45, 2.75) is 19.0 Å². The summed E-state index contributed by atoms with van der Waals surface area (Å²) < 4.78 is 83.8. The first-order valence-corrected chi connectivity index (χ1v) is 8.73. The maximum Gasteiger partial charge on any atom is 0.418 e. The maximum absolute atomic E-state index is 15.1. The number of aromatic amines is 1. The van der Waals surface area contributed by atoms with E-state index in [0.29, 0.717) is 18.0 Å². The fourth-order valence-corrected chi connectivity index (χ4v) is 2.90. The highest BCUT2D eigenvalue weighted by Crippen LogP contribution is 2.39. The van der Waals surface area contributed by atoms with Crippen LogP contribution in [0.15, 0.2) is 42.6 Å². The first-order valence-electron chi connectivity index (χ1n) is 8.73. The van der Waals surface area contributed by atoms with Gasteiger partial charge >= 0.3 is 12.1 Å². The molecule has 31 heavy (non-hydrogen) atoms. The molecule has 3 heterocycles. The number of aryl methyl sites for hydroxylation is 1. The SMILES string of the molecule is Cc1cc(Nc2nc(C(F)(F)c3ccc(F)cn3)nc3c(C(F)(F)F)cccc23)n[nH]1. The molecule has 0 aliphatic rings. The van der Waals surface area contributed by atoms with Gasteiger partial charge in [-0.15, -0.1) is 0 Å². The molecule has 12 heteroatoms. The van der Waals surface area contributed by atoms with E-state index in [-0.39, 0.29) is 17.0 Å². The first-order chi connectivity index (χ1) is 14.6. The summed E-state index contributed by atoms with van der Waals surface area (Å²) in [6.45, 7) is 1.68. The molecule has 0 unspecified atom stereocenters. The Bertz CT molecular complexity index is 1250. The van der Waals surface area contributed by atoms with Gasteiger partial charge in [0.2, 0.25) is 5.82 Å². The van der Waals surface area contributed by atoms with E-state index < -0.39 is 40.5 Å². The number of nitrogens with one attached hydrogen (secondary N) is 2. The number of alkyl halides is 5. The Morgan fingerprint density at radius 2 is 1.77 bits per heavy atom. The molecule has 0 aliphatic heterocycles. The molecule has 1 aromatic carbocycles. The summed E-state index contributed by atoms with van der Waals surface area (Å²) in [6.07, 6.45) is -4.29. The zero-order chi connectivity index (χ0) is 22.4. The van der Waals surface area contributed by atoms with Crippen LogP contribution in [-0.4, -0.2) is 25.1 Å². The van der Waals surface area contributed by atoms with Crippen molar-refractivity contribution in [2.75, 3.05) is 5.32 Å². The summed E-state index contributed by atoms with van der Waals surface area (Å²) in [5.74, 6) is -6.23. The zero-order valence-corrected chi connectivity index (χ0v) is 15.6. The Labute approximate surface area is 170 Å². The topological polar surface area (TPSA) is 79.4 Å². The van der Waals surface area contributed by atoms with Gasteiger partial charge in [0.1, 0.15) is 17.3 Å². The van der Waals surface area contributed by atoms with Crippen LogP contribution in [0.1, 0.15) is 22.8 Å². The van der Waals surface area contributed by atoms with Crippen LogP contribution >= 0.6 is 0 Å². The minimum absolute atomic E-state index is 0.137. The predicted molar refractivity (Wildman–Crippen MR) is 98.3 cm³/mol. The second-order valence-electron chi connectivity index (χ2n) is 6.59. The summed E-state index contributed by atoms with van der Waals surface area (Å²) in [6, 6.07) is 6.10. The summed E-state index contributed by atoms with van der Waals surface area (Å²) in [5.41, 5.74) is -2.23. The van der Waals surface area contributed by atoms with Crippen molar-refractivity contribution in [2.24, 2.45) is 0 Å². The van der Waals surface area contributed by atoms with E-state index >= 15 is 8.78 Å². The molecule has 0 saturated heterocycles. The van der Waals surface area contributed by atoms with Crippen LogP contribution in [0.5, 0.6) is 0 Å². The molecule has 0 aliphatic carbocycles. The van der Waals surface area contributed by atoms with Gasteiger partial charge in [0.15, 0.2) is 5.82 Å². The standard InChI is InChI=1S/C19H12F6N6/c1-9-7-14(31-30-9)27-16-11-3-2-4-12(19(23,24)25)15(11)28-17(29-16)18(21,22)13-6-5-10(20)8-26-13/h2-8H,1H3,(H2,27,28,29,30,31). The number of H-pyrrole nitrogens is 1. The van der Waals surface area contributed by atoms with Gasteiger partial charge in [0, 0.05) is 17.1 Å². The zero-order valence-electron chi connectivity index (χ0n) is 15.6. The molecule has 0 amide bonds. The number of hydrogen-bond acceptors (Lipinski definition) is 5. The molecule has 160 valence electrons. The molecule has 0 radical (unpaired) electrons. The normalized spacial score (nSPS) is 12.4. The van der Waals surface area contributed by atoms with Crippen molar-refractivity contribution >= 4 is 22.5 Å². The van der Waals surface area contributed by atoms with E-state index in [0.717, 1.165) is 18.2 Å². The minimum Gasteiger partial charge on any atom is -0.323 e.